The van der Waals surface area contributed by atoms with Crippen molar-refractivity contribution in [3.8, 4) is 0 Å². The molecule has 1 heterocycles. The van der Waals surface area contributed by atoms with E-state index in [1.165, 1.54) is 5.56 Å². The van der Waals surface area contributed by atoms with Gasteiger partial charge in [-0.3, -0.25) is 0 Å². The van der Waals surface area contributed by atoms with Gasteiger partial charge in [-0.05, 0) is 42.3 Å². The van der Waals surface area contributed by atoms with Crippen molar-refractivity contribution in [3.63, 3.8) is 0 Å². The smallest absolute Gasteiger partial charge is 0.129 e. The Morgan fingerprint density at radius 3 is 2.67 bits per heavy atom. The maximum absolute atomic E-state index is 8.93. The van der Waals surface area contributed by atoms with Gasteiger partial charge < -0.3 is 14.8 Å². The minimum Gasteiger partial charge on any atom is -0.462 e. The zero-order valence-corrected chi connectivity index (χ0v) is 11.8. The summed E-state index contributed by atoms with van der Waals surface area (Å²) in [6.07, 6.45) is 0.974. The van der Waals surface area contributed by atoms with E-state index in [0.29, 0.717) is 12.3 Å². The van der Waals surface area contributed by atoms with Crippen molar-refractivity contribution < 1.29 is 9.52 Å². The van der Waals surface area contributed by atoms with Crippen LogP contribution in [0.1, 0.15) is 24.0 Å². The number of hydrogen-bond acceptors (Lipinski definition) is 3. The molecule has 0 bridgehead atoms. The first kappa shape index (κ1) is 13.2. The van der Waals surface area contributed by atoms with Crippen molar-refractivity contribution in [2.75, 3.05) is 5.32 Å². The Morgan fingerprint density at radius 2 is 2.00 bits per heavy atom. The molecule has 0 spiro atoms. The molecule has 1 aromatic heterocycles. The van der Waals surface area contributed by atoms with Gasteiger partial charge in [-0.2, -0.15) is 0 Å². The SMILES string of the molecule is CCc1cc(Br)ccc1NCc1ccc(CO)o1. The third-order valence-electron chi connectivity index (χ3n) is 2.77. The Hall–Kier alpha value is -1.26. The Morgan fingerprint density at radius 1 is 1.22 bits per heavy atom. The van der Waals surface area contributed by atoms with E-state index in [9.17, 15) is 0 Å². The van der Waals surface area contributed by atoms with Crippen LogP contribution in [0.2, 0.25) is 0 Å². The van der Waals surface area contributed by atoms with E-state index in [1.807, 2.05) is 12.1 Å². The van der Waals surface area contributed by atoms with Crippen LogP contribution < -0.4 is 5.32 Å². The molecule has 0 aliphatic rings. The lowest BCUT2D eigenvalue weighted by atomic mass is 10.1. The zero-order chi connectivity index (χ0) is 13.0. The van der Waals surface area contributed by atoms with Gasteiger partial charge in [-0.25, -0.2) is 0 Å². The van der Waals surface area contributed by atoms with Crippen molar-refractivity contribution in [1.82, 2.24) is 0 Å². The van der Waals surface area contributed by atoms with Crippen LogP contribution in [0.25, 0.3) is 0 Å². The van der Waals surface area contributed by atoms with Crippen LogP contribution in [0.15, 0.2) is 39.2 Å². The third-order valence-corrected chi connectivity index (χ3v) is 3.27. The van der Waals surface area contributed by atoms with Gasteiger partial charge in [0.25, 0.3) is 0 Å². The van der Waals surface area contributed by atoms with Crippen LogP contribution in [0, 0.1) is 0 Å². The first-order chi connectivity index (χ1) is 8.72. The Kier molecular flexibility index (Phi) is 4.44. The number of rotatable bonds is 5. The van der Waals surface area contributed by atoms with Crippen molar-refractivity contribution in [1.29, 1.82) is 0 Å². The molecule has 0 amide bonds. The van der Waals surface area contributed by atoms with Gasteiger partial charge in [0, 0.05) is 10.2 Å². The quantitative estimate of drug-likeness (QED) is 0.885. The highest BCUT2D eigenvalue weighted by molar-refractivity contribution is 9.10. The third kappa shape index (κ3) is 3.15. The van der Waals surface area contributed by atoms with Crippen LogP contribution in [-0.2, 0) is 19.6 Å². The molecule has 18 heavy (non-hydrogen) atoms. The Balaban J connectivity index is 2.05. The lowest BCUT2D eigenvalue weighted by molar-refractivity contribution is 0.244. The second-order valence-corrected chi connectivity index (χ2v) is 4.95. The summed E-state index contributed by atoms with van der Waals surface area (Å²) >= 11 is 3.47. The van der Waals surface area contributed by atoms with E-state index in [0.717, 1.165) is 22.3 Å². The van der Waals surface area contributed by atoms with E-state index < -0.39 is 0 Å². The molecular weight excluding hydrogens is 294 g/mol. The van der Waals surface area contributed by atoms with Gasteiger partial charge in [-0.1, -0.05) is 22.9 Å². The number of aryl methyl sites for hydroxylation is 1. The van der Waals surface area contributed by atoms with Gasteiger partial charge >= 0.3 is 0 Å². The molecule has 4 heteroatoms. The molecule has 1 aromatic carbocycles. The van der Waals surface area contributed by atoms with Crippen LogP contribution in [0.3, 0.4) is 0 Å². The predicted molar refractivity (Wildman–Crippen MR) is 75.5 cm³/mol. The number of halogens is 1. The molecule has 2 rings (SSSR count). The maximum atomic E-state index is 8.93. The molecule has 0 radical (unpaired) electrons. The molecular formula is C14H16BrNO2. The lowest BCUT2D eigenvalue weighted by Crippen LogP contribution is -2.01. The molecule has 0 saturated carbocycles. The standard InChI is InChI=1S/C14H16BrNO2/c1-2-10-7-11(15)3-6-14(10)16-8-12-4-5-13(9-17)18-12/h3-7,16-17H,2,8-9H2,1H3. The van der Waals surface area contributed by atoms with Crippen LogP contribution >= 0.6 is 15.9 Å². The fourth-order valence-electron chi connectivity index (χ4n) is 1.81. The fraction of sp³-hybridized carbons (Fsp3) is 0.286. The van der Waals surface area contributed by atoms with Crippen LogP contribution in [0.5, 0.6) is 0 Å². The number of aliphatic hydroxyl groups is 1. The van der Waals surface area contributed by atoms with Gasteiger partial charge in [0.05, 0.1) is 6.54 Å². The van der Waals surface area contributed by atoms with E-state index in [4.69, 9.17) is 9.52 Å². The summed E-state index contributed by atoms with van der Waals surface area (Å²) in [7, 11) is 0. The average Bonchev–Trinajstić information content (AvgIpc) is 2.85. The highest BCUT2D eigenvalue weighted by Crippen LogP contribution is 2.22. The number of benzene rings is 1. The monoisotopic (exact) mass is 309 g/mol. The van der Waals surface area contributed by atoms with Crippen molar-refractivity contribution >= 4 is 21.6 Å². The number of furan rings is 1. The molecule has 0 aliphatic carbocycles. The van der Waals surface area contributed by atoms with Gasteiger partial charge in [0.15, 0.2) is 0 Å². The maximum Gasteiger partial charge on any atom is 0.129 e. The van der Waals surface area contributed by atoms with E-state index in [2.05, 4.69) is 40.3 Å². The number of anilines is 1. The summed E-state index contributed by atoms with van der Waals surface area (Å²) in [5.41, 5.74) is 2.38. The van der Waals surface area contributed by atoms with Gasteiger partial charge in [0.2, 0.25) is 0 Å². The highest BCUT2D eigenvalue weighted by atomic mass is 79.9. The van der Waals surface area contributed by atoms with Crippen molar-refractivity contribution in [3.05, 3.63) is 51.9 Å². The Bertz CT molecular complexity index is 522. The van der Waals surface area contributed by atoms with Crippen molar-refractivity contribution in [2.45, 2.75) is 26.5 Å². The lowest BCUT2D eigenvalue weighted by Gasteiger charge is -2.10. The van der Waals surface area contributed by atoms with Crippen LogP contribution in [-0.4, -0.2) is 5.11 Å². The minimum atomic E-state index is -0.0570. The number of nitrogens with one attached hydrogen (secondary N) is 1. The van der Waals surface area contributed by atoms with E-state index >= 15 is 0 Å². The number of hydrogen-bond donors (Lipinski definition) is 2. The normalized spacial score (nSPS) is 10.6. The molecule has 0 atom stereocenters. The summed E-state index contributed by atoms with van der Waals surface area (Å²) in [6, 6.07) is 9.85. The average molecular weight is 310 g/mol. The molecule has 0 unspecified atom stereocenters. The first-order valence-corrected chi connectivity index (χ1v) is 6.73. The second-order valence-electron chi connectivity index (χ2n) is 4.03. The molecule has 0 saturated heterocycles. The summed E-state index contributed by atoms with van der Waals surface area (Å²) in [5, 5.41) is 12.3. The fourth-order valence-corrected chi connectivity index (χ4v) is 2.22. The summed E-state index contributed by atoms with van der Waals surface area (Å²) in [5.74, 6) is 1.42. The van der Waals surface area contributed by atoms with E-state index in [1.54, 1.807) is 6.07 Å². The molecule has 2 N–H and O–H groups in total. The van der Waals surface area contributed by atoms with E-state index in [-0.39, 0.29) is 6.61 Å². The summed E-state index contributed by atoms with van der Waals surface area (Å²) < 4.78 is 6.52. The van der Waals surface area contributed by atoms with Crippen LogP contribution in [0.4, 0.5) is 5.69 Å². The zero-order valence-electron chi connectivity index (χ0n) is 10.2. The second kappa shape index (κ2) is 6.07. The topological polar surface area (TPSA) is 45.4 Å². The molecule has 2 aromatic rings. The largest absolute Gasteiger partial charge is 0.462 e. The predicted octanol–water partition coefficient (Wildman–Crippen LogP) is 3.71. The van der Waals surface area contributed by atoms with Crippen molar-refractivity contribution in [2.24, 2.45) is 0 Å². The molecule has 0 aliphatic heterocycles. The Labute approximate surface area is 115 Å². The molecule has 96 valence electrons. The van der Waals surface area contributed by atoms with Gasteiger partial charge in [-0.15, -0.1) is 0 Å². The molecule has 3 nitrogen and oxygen atoms in total. The summed E-state index contributed by atoms with van der Waals surface area (Å²) in [6.45, 7) is 2.69. The minimum absolute atomic E-state index is 0.0570. The van der Waals surface area contributed by atoms with Gasteiger partial charge in [0.1, 0.15) is 18.1 Å². The summed E-state index contributed by atoms with van der Waals surface area (Å²) in [4.78, 5) is 0. The first-order valence-electron chi connectivity index (χ1n) is 5.93. The number of aliphatic hydroxyl groups excluding tert-OH is 1. The highest BCUT2D eigenvalue weighted by Gasteiger charge is 2.04. The molecule has 0 fully saturated rings.